The number of furan rings is 1. The van der Waals surface area contributed by atoms with Gasteiger partial charge < -0.3 is 9.73 Å². The molecule has 2 aromatic heterocycles. The summed E-state index contributed by atoms with van der Waals surface area (Å²) in [4.78, 5) is 15.5. The van der Waals surface area contributed by atoms with Crippen LogP contribution in [0.25, 0.3) is 0 Å². The number of rotatable bonds is 2. The van der Waals surface area contributed by atoms with Crippen molar-refractivity contribution in [2.75, 3.05) is 5.32 Å². The summed E-state index contributed by atoms with van der Waals surface area (Å²) in [5.74, 6) is 0.0157. The molecule has 0 unspecified atom stereocenters. The van der Waals surface area contributed by atoms with Crippen LogP contribution >= 0.6 is 23.2 Å². The SMILES string of the molecule is O=C(Nc1ncc(Cl)cc1Cl)c1ccco1. The van der Waals surface area contributed by atoms with Crippen molar-refractivity contribution in [3.8, 4) is 0 Å². The molecule has 0 aliphatic heterocycles. The Morgan fingerprint density at radius 1 is 1.44 bits per heavy atom. The molecule has 16 heavy (non-hydrogen) atoms. The third-order valence-corrected chi connectivity index (χ3v) is 2.28. The first-order chi connectivity index (χ1) is 7.66. The van der Waals surface area contributed by atoms with Gasteiger partial charge in [-0.3, -0.25) is 4.79 Å². The number of hydrogen-bond donors (Lipinski definition) is 1. The number of carbonyl (C=O) groups is 1. The summed E-state index contributed by atoms with van der Waals surface area (Å²) in [6, 6.07) is 4.65. The topological polar surface area (TPSA) is 55.1 Å². The molecule has 0 bridgehead atoms. The number of pyridine rings is 1. The van der Waals surface area contributed by atoms with Gasteiger partial charge in [0.15, 0.2) is 11.6 Å². The van der Waals surface area contributed by atoms with Gasteiger partial charge in [0.25, 0.3) is 5.91 Å². The number of halogens is 2. The predicted octanol–water partition coefficient (Wildman–Crippen LogP) is 3.23. The molecule has 1 amide bonds. The Labute approximate surface area is 101 Å². The van der Waals surface area contributed by atoms with Gasteiger partial charge in [-0.2, -0.15) is 0 Å². The highest BCUT2D eigenvalue weighted by Gasteiger charge is 2.11. The molecule has 2 heterocycles. The monoisotopic (exact) mass is 256 g/mol. The maximum Gasteiger partial charge on any atom is 0.292 e. The van der Waals surface area contributed by atoms with E-state index in [2.05, 4.69) is 10.3 Å². The van der Waals surface area contributed by atoms with E-state index in [1.807, 2.05) is 0 Å². The number of hydrogen-bond acceptors (Lipinski definition) is 3. The molecule has 2 aromatic rings. The lowest BCUT2D eigenvalue weighted by Crippen LogP contribution is -2.12. The predicted molar refractivity (Wildman–Crippen MR) is 60.9 cm³/mol. The van der Waals surface area contributed by atoms with Crippen LogP contribution < -0.4 is 5.32 Å². The second-order valence-corrected chi connectivity index (χ2v) is 3.76. The normalized spacial score (nSPS) is 10.1. The average molecular weight is 257 g/mol. The minimum atomic E-state index is -0.415. The fourth-order valence-corrected chi connectivity index (χ4v) is 1.51. The van der Waals surface area contributed by atoms with E-state index in [0.29, 0.717) is 5.02 Å². The molecule has 4 nitrogen and oxygen atoms in total. The van der Waals surface area contributed by atoms with Crippen molar-refractivity contribution >= 4 is 34.9 Å². The van der Waals surface area contributed by atoms with Crippen LogP contribution in [0, 0.1) is 0 Å². The van der Waals surface area contributed by atoms with Gasteiger partial charge in [0.05, 0.1) is 16.3 Å². The van der Waals surface area contributed by atoms with Crippen LogP contribution in [0.4, 0.5) is 5.82 Å². The number of nitrogens with one attached hydrogen (secondary N) is 1. The summed E-state index contributed by atoms with van der Waals surface area (Å²) < 4.78 is 4.92. The molecular formula is C10H6Cl2N2O2. The Kier molecular flexibility index (Phi) is 3.12. The molecule has 1 N–H and O–H groups in total. The molecule has 0 spiro atoms. The highest BCUT2D eigenvalue weighted by molar-refractivity contribution is 6.36. The van der Waals surface area contributed by atoms with E-state index in [4.69, 9.17) is 27.6 Å². The van der Waals surface area contributed by atoms with E-state index >= 15 is 0 Å². The molecule has 0 aliphatic carbocycles. The molecule has 2 rings (SSSR count). The molecule has 0 radical (unpaired) electrons. The number of anilines is 1. The lowest BCUT2D eigenvalue weighted by Gasteiger charge is -2.04. The second kappa shape index (κ2) is 4.55. The van der Waals surface area contributed by atoms with Crippen molar-refractivity contribution in [2.45, 2.75) is 0 Å². The number of amides is 1. The van der Waals surface area contributed by atoms with Gasteiger partial charge in [-0.15, -0.1) is 0 Å². The van der Waals surface area contributed by atoms with Gasteiger partial charge in [-0.05, 0) is 18.2 Å². The minimum absolute atomic E-state index is 0.188. The largest absolute Gasteiger partial charge is 0.459 e. The van der Waals surface area contributed by atoms with Crippen molar-refractivity contribution in [3.63, 3.8) is 0 Å². The molecular weight excluding hydrogens is 251 g/mol. The third kappa shape index (κ3) is 2.35. The van der Waals surface area contributed by atoms with Crippen LogP contribution in [-0.2, 0) is 0 Å². The van der Waals surface area contributed by atoms with Crippen molar-refractivity contribution in [2.24, 2.45) is 0 Å². The van der Waals surface area contributed by atoms with Crippen LogP contribution in [0.2, 0.25) is 10.0 Å². The zero-order valence-corrected chi connectivity index (χ0v) is 9.42. The maximum atomic E-state index is 11.6. The van der Waals surface area contributed by atoms with Crippen LogP contribution in [0.5, 0.6) is 0 Å². The van der Waals surface area contributed by atoms with Crippen LogP contribution in [-0.4, -0.2) is 10.9 Å². The Hall–Kier alpha value is -1.52. The molecule has 6 heteroatoms. The Bertz CT molecular complexity index is 512. The highest BCUT2D eigenvalue weighted by atomic mass is 35.5. The number of carbonyl (C=O) groups excluding carboxylic acids is 1. The van der Waals surface area contributed by atoms with Gasteiger partial charge in [0.1, 0.15) is 0 Å². The maximum absolute atomic E-state index is 11.6. The second-order valence-electron chi connectivity index (χ2n) is 2.92. The lowest BCUT2D eigenvalue weighted by molar-refractivity contribution is 0.0996. The first-order valence-corrected chi connectivity index (χ1v) is 5.08. The summed E-state index contributed by atoms with van der Waals surface area (Å²) in [7, 11) is 0. The zero-order valence-electron chi connectivity index (χ0n) is 7.91. The van der Waals surface area contributed by atoms with Crippen LogP contribution in [0.15, 0.2) is 35.1 Å². The van der Waals surface area contributed by atoms with Crippen LogP contribution in [0.1, 0.15) is 10.6 Å². The van der Waals surface area contributed by atoms with E-state index in [1.54, 1.807) is 12.1 Å². The summed E-state index contributed by atoms with van der Waals surface area (Å²) in [6.07, 6.45) is 2.80. The van der Waals surface area contributed by atoms with Crippen molar-refractivity contribution in [1.29, 1.82) is 0 Å². The van der Waals surface area contributed by atoms with Crippen molar-refractivity contribution in [3.05, 3.63) is 46.5 Å². The van der Waals surface area contributed by atoms with E-state index in [0.717, 1.165) is 0 Å². The summed E-state index contributed by atoms with van der Waals surface area (Å²) in [5, 5.41) is 3.18. The van der Waals surface area contributed by atoms with Crippen molar-refractivity contribution in [1.82, 2.24) is 4.98 Å². The minimum Gasteiger partial charge on any atom is -0.459 e. The average Bonchev–Trinajstić information content (AvgIpc) is 2.75. The zero-order chi connectivity index (χ0) is 11.5. The molecule has 82 valence electrons. The number of aromatic nitrogens is 1. The summed E-state index contributed by atoms with van der Waals surface area (Å²) in [6.45, 7) is 0. The van der Waals surface area contributed by atoms with Gasteiger partial charge in [0, 0.05) is 6.20 Å². The van der Waals surface area contributed by atoms with E-state index in [1.165, 1.54) is 18.5 Å². The van der Waals surface area contributed by atoms with Gasteiger partial charge in [0.2, 0.25) is 0 Å². The fraction of sp³-hybridized carbons (Fsp3) is 0. The van der Waals surface area contributed by atoms with Gasteiger partial charge in [-0.25, -0.2) is 4.98 Å². The van der Waals surface area contributed by atoms with E-state index < -0.39 is 5.91 Å². The third-order valence-electron chi connectivity index (χ3n) is 1.78. The van der Waals surface area contributed by atoms with Gasteiger partial charge in [-0.1, -0.05) is 23.2 Å². The first-order valence-electron chi connectivity index (χ1n) is 4.33. The molecule has 0 fully saturated rings. The lowest BCUT2D eigenvalue weighted by atomic mass is 10.4. The molecule has 0 saturated heterocycles. The summed E-state index contributed by atoms with van der Waals surface area (Å²) >= 11 is 11.5. The Morgan fingerprint density at radius 3 is 2.88 bits per heavy atom. The first kappa shape index (κ1) is 11.0. The quantitative estimate of drug-likeness (QED) is 0.898. The molecule has 0 saturated carbocycles. The highest BCUT2D eigenvalue weighted by Crippen LogP contribution is 2.22. The van der Waals surface area contributed by atoms with Crippen LogP contribution in [0.3, 0.4) is 0 Å². The Morgan fingerprint density at radius 2 is 2.25 bits per heavy atom. The fourth-order valence-electron chi connectivity index (χ4n) is 1.08. The standard InChI is InChI=1S/C10H6Cl2N2O2/c11-6-4-7(12)9(13-5-6)14-10(15)8-2-1-3-16-8/h1-5H,(H,13,14,15). The number of nitrogens with zero attached hydrogens (tertiary/aromatic N) is 1. The Balaban J connectivity index is 2.18. The molecule has 0 aromatic carbocycles. The van der Waals surface area contributed by atoms with Crippen molar-refractivity contribution < 1.29 is 9.21 Å². The van der Waals surface area contributed by atoms with E-state index in [-0.39, 0.29) is 16.6 Å². The molecule has 0 aliphatic rings. The van der Waals surface area contributed by atoms with E-state index in [9.17, 15) is 4.79 Å². The van der Waals surface area contributed by atoms with Gasteiger partial charge >= 0.3 is 0 Å². The molecule has 0 atom stereocenters. The summed E-state index contributed by atoms with van der Waals surface area (Å²) in [5.41, 5.74) is 0. The smallest absolute Gasteiger partial charge is 0.292 e.